The van der Waals surface area contributed by atoms with Gasteiger partial charge in [0.05, 0.1) is 22.1 Å². The Labute approximate surface area is 200 Å². The SMILES string of the molecule is CCCCCC(c1c2ccccc2nc2ccccc12)c1c2ccccc2nc2ccccc12. The first-order valence-corrected chi connectivity index (χ1v) is 12.4. The highest BCUT2D eigenvalue weighted by atomic mass is 14.7. The van der Waals surface area contributed by atoms with Crippen LogP contribution in [0.2, 0.25) is 0 Å². The summed E-state index contributed by atoms with van der Waals surface area (Å²) in [7, 11) is 0. The molecule has 34 heavy (non-hydrogen) atoms. The van der Waals surface area contributed by atoms with Gasteiger partial charge in [0.1, 0.15) is 0 Å². The lowest BCUT2D eigenvalue weighted by atomic mass is 9.80. The monoisotopic (exact) mass is 440 g/mol. The molecule has 0 atom stereocenters. The van der Waals surface area contributed by atoms with Crippen LogP contribution in [0.15, 0.2) is 97.1 Å². The second-order valence-corrected chi connectivity index (χ2v) is 9.17. The number of aromatic nitrogens is 2. The maximum Gasteiger partial charge on any atom is 0.0712 e. The van der Waals surface area contributed by atoms with Crippen molar-refractivity contribution in [2.45, 2.75) is 38.5 Å². The molecule has 4 aromatic carbocycles. The van der Waals surface area contributed by atoms with Gasteiger partial charge in [-0.05, 0) is 41.8 Å². The molecule has 0 bridgehead atoms. The number of fused-ring (bicyclic) bond motifs is 4. The predicted molar refractivity (Wildman–Crippen MR) is 144 cm³/mol. The molecule has 6 aromatic rings. The van der Waals surface area contributed by atoms with Gasteiger partial charge in [0.15, 0.2) is 0 Å². The van der Waals surface area contributed by atoms with E-state index < -0.39 is 0 Å². The van der Waals surface area contributed by atoms with Crippen molar-refractivity contribution in [2.75, 3.05) is 0 Å². The van der Waals surface area contributed by atoms with Crippen LogP contribution < -0.4 is 0 Å². The third-order valence-corrected chi connectivity index (χ3v) is 7.05. The maximum absolute atomic E-state index is 5.02. The van der Waals surface area contributed by atoms with Gasteiger partial charge in [-0.15, -0.1) is 0 Å². The van der Waals surface area contributed by atoms with Gasteiger partial charge in [0, 0.05) is 27.5 Å². The van der Waals surface area contributed by atoms with Crippen LogP contribution in [0.25, 0.3) is 43.6 Å². The first-order chi connectivity index (χ1) is 16.8. The molecule has 2 heteroatoms. The summed E-state index contributed by atoms with van der Waals surface area (Å²) in [5, 5.41) is 5.03. The van der Waals surface area contributed by atoms with Crippen molar-refractivity contribution >= 4 is 43.6 Å². The summed E-state index contributed by atoms with van der Waals surface area (Å²) >= 11 is 0. The van der Waals surface area contributed by atoms with Gasteiger partial charge in [-0.1, -0.05) is 99.0 Å². The summed E-state index contributed by atoms with van der Waals surface area (Å²) < 4.78 is 0. The first kappa shape index (κ1) is 20.8. The molecule has 0 spiro atoms. The van der Waals surface area contributed by atoms with Gasteiger partial charge >= 0.3 is 0 Å². The maximum atomic E-state index is 5.02. The minimum Gasteiger partial charge on any atom is -0.248 e. The largest absolute Gasteiger partial charge is 0.248 e. The number of benzene rings is 4. The lowest BCUT2D eigenvalue weighted by Gasteiger charge is -2.25. The molecule has 166 valence electrons. The molecule has 2 heterocycles. The van der Waals surface area contributed by atoms with Gasteiger partial charge in [-0.3, -0.25) is 0 Å². The van der Waals surface area contributed by atoms with E-state index in [1.54, 1.807) is 0 Å². The van der Waals surface area contributed by atoms with E-state index in [9.17, 15) is 0 Å². The number of rotatable bonds is 6. The van der Waals surface area contributed by atoms with Gasteiger partial charge in [0.25, 0.3) is 0 Å². The number of unbranched alkanes of at least 4 members (excludes halogenated alkanes) is 2. The van der Waals surface area contributed by atoms with Crippen molar-refractivity contribution < 1.29 is 0 Å². The van der Waals surface area contributed by atoms with Crippen molar-refractivity contribution in [3.63, 3.8) is 0 Å². The third kappa shape index (κ3) is 3.51. The molecule has 0 saturated carbocycles. The summed E-state index contributed by atoms with van der Waals surface area (Å²) in [4.78, 5) is 10.0. The summed E-state index contributed by atoms with van der Waals surface area (Å²) in [6.45, 7) is 2.28. The van der Waals surface area contributed by atoms with Gasteiger partial charge < -0.3 is 0 Å². The standard InChI is InChI=1S/C32H28N2/c1-2-3-4-17-26(31-22-13-5-9-18-27(22)33-28-19-10-6-14-23(28)31)32-24-15-7-11-20-29(24)34-30-21-12-8-16-25(30)32/h5-16,18-21,26H,2-4,17H2,1H3. The Kier molecular flexibility index (Phi) is 5.43. The number of nitrogens with zero attached hydrogens (tertiary/aromatic N) is 2. The zero-order valence-corrected chi connectivity index (χ0v) is 19.5. The van der Waals surface area contributed by atoms with Crippen LogP contribution in [-0.4, -0.2) is 9.97 Å². The summed E-state index contributed by atoms with van der Waals surface area (Å²) in [5.74, 6) is 0.252. The van der Waals surface area contributed by atoms with E-state index in [0.29, 0.717) is 0 Å². The highest BCUT2D eigenvalue weighted by Gasteiger charge is 2.24. The van der Waals surface area contributed by atoms with Crippen molar-refractivity contribution in [2.24, 2.45) is 0 Å². The Morgan fingerprint density at radius 3 is 1.21 bits per heavy atom. The van der Waals surface area contributed by atoms with Crippen LogP contribution in [0.1, 0.15) is 49.7 Å². The van der Waals surface area contributed by atoms with E-state index in [4.69, 9.17) is 9.97 Å². The average Bonchev–Trinajstić information content (AvgIpc) is 2.89. The Morgan fingerprint density at radius 2 is 0.853 bits per heavy atom. The fraction of sp³-hybridized carbons (Fsp3) is 0.188. The van der Waals surface area contributed by atoms with E-state index >= 15 is 0 Å². The second kappa shape index (κ2) is 8.87. The van der Waals surface area contributed by atoms with Crippen LogP contribution in [-0.2, 0) is 0 Å². The van der Waals surface area contributed by atoms with E-state index in [0.717, 1.165) is 28.5 Å². The predicted octanol–water partition coefficient (Wildman–Crippen LogP) is 8.80. The molecule has 2 nitrogen and oxygen atoms in total. The summed E-state index contributed by atoms with van der Waals surface area (Å²) in [5.41, 5.74) is 7.08. The summed E-state index contributed by atoms with van der Waals surface area (Å²) in [6, 6.07) is 34.6. The van der Waals surface area contributed by atoms with Gasteiger partial charge in [-0.2, -0.15) is 0 Å². The molecule has 6 rings (SSSR count). The van der Waals surface area contributed by atoms with E-state index in [2.05, 4.69) is 104 Å². The van der Waals surface area contributed by atoms with E-state index in [-0.39, 0.29) is 5.92 Å². The number of hydrogen-bond donors (Lipinski definition) is 0. The smallest absolute Gasteiger partial charge is 0.0712 e. The Balaban J connectivity index is 1.75. The lowest BCUT2D eigenvalue weighted by molar-refractivity contribution is 0.626. The van der Waals surface area contributed by atoms with Crippen LogP contribution >= 0.6 is 0 Å². The molecule has 0 saturated heterocycles. The zero-order chi connectivity index (χ0) is 22.9. The van der Waals surface area contributed by atoms with Crippen LogP contribution in [0.5, 0.6) is 0 Å². The average molecular weight is 441 g/mol. The molecule has 0 aliphatic rings. The van der Waals surface area contributed by atoms with Crippen molar-refractivity contribution in [3.05, 3.63) is 108 Å². The Bertz CT molecular complexity index is 1410. The van der Waals surface area contributed by atoms with Crippen molar-refractivity contribution in [3.8, 4) is 0 Å². The zero-order valence-electron chi connectivity index (χ0n) is 19.5. The third-order valence-electron chi connectivity index (χ3n) is 7.05. The topological polar surface area (TPSA) is 25.8 Å². The molecule has 0 fully saturated rings. The molecule has 0 radical (unpaired) electrons. The number of pyridine rings is 2. The quantitative estimate of drug-likeness (QED) is 0.191. The minimum absolute atomic E-state index is 0.252. The van der Waals surface area contributed by atoms with Crippen LogP contribution in [0.4, 0.5) is 0 Å². The number of hydrogen-bond acceptors (Lipinski definition) is 2. The lowest BCUT2D eigenvalue weighted by Crippen LogP contribution is -2.07. The summed E-state index contributed by atoms with van der Waals surface area (Å²) in [6.07, 6.45) is 4.74. The Morgan fingerprint density at radius 1 is 0.500 bits per heavy atom. The van der Waals surface area contributed by atoms with Crippen molar-refractivity contribution in [1.82, 2.24) is 9.97 Å². The van der Waals surface area contributed by atoms with Gasteiger partial charge in [0.2, 0.25) is 0 Å². The molecule has 0 aliphatic carbocycles. The fourth-order valence-electron chi connectivity index (χ4n) is 5.53. The van der Waals surface area contributed by atoms with E-state index in [1.807, 2.05) is 0 Å². The molecule has 2 aromatic heterocycles. The van der Waals surface area contributed by atoms with Gasteiger partial charge in [-0.25, -0.2) is 9.97 Å². The molecule has 0 unspecified atom stereocenters. The minimum atomic E-state index is 0.252. The fourth-order valence-corrected chi connectivity index (χ4v) is 5.53. The van der Waals surface area contributed by atoms with E-state index in [1.165, 1.54) is 51.9 Å². The normalized spacial score (nSPS) is 11.8. The molecular formula is C32H28N2. The van der Waals surface area contributed by atoms with Crippen LogP contribution in [0.3, 0.4) is 0 Å². The number of para-hydroxylation sites is 4. The van der Waals surface area contributed by atoms with Crippen LogP contribution in [0, 0.1) is 0 Å². The Hall–Kier alpha value is -3.78. The molecule has 0 amide bonds. The molecule has 0 N–H and O–H groups in total. The highest BCUT2D eigenvalue weighted by Crippen LogP contribution is 2.43. The second-order valence-electron chi connectivity index (χ2n) is 9.17. The first-order valence-electron chi connectivity index (χ1n) is 12.4. The highest BCUT2D eigenvalue weighted by molar-refractivity contribution is 6.03. The molecular weight excluding hydrogens is 412 g/mol. The van der Waals surface area contributed by atoms with Crippen molar-refractivity contribution in [1.29, 1.82) is 0 Å². The molecule has 0 aliphatic heterocycles.